The zero-order valence-corrected chi connectivity index (χ0v) is 15.9. The number of ether oxygens (including phenoxy) is 1. The van der Waals surface area contributed by atoms with Crippen LogP contribution in [0.2, 0.25) is 0 Å². The first kappa shape index (κ1) is 19.0. The van der Waals surface area contributed by atoms with Crippen LogP contribution in [-0.4, -0.2) is 23.1 Å². The Morgan fingerprint density at radius 2 is 1.63 bits per heavy atom. The van der Waals surface area contributed by atoms with Gasteiger partial charge in [-0.1, -0.05) is 48.5 Å². The summed E-state index contributed by atoms with van der Waals surface area (Å²) >= 11 is 0. The van der Waals surface area contributed by atoms with Crippen LogP contribution >= 0.6 is 0 Å². The summed E-state index contributed by atoms with van der Waals surface area (Å²) in [6, 6.07) is 23.3. The minimum Gasteiger partial charge on any atom is -0.422 e. The van der Waals surface area contributed by atoms with E-state index in [-0.39, 0.29) is 5.91 Å². The number of amides is 1. The van der Waals surface area contributed by atoms with Gasteiger partial charge in [-0.2, -0.15) is 5.10 Å². The van der Waals surface area contributed by atoms with E-state index in [1.54, 1.807) is 48.7 Å². The fourth-order valence-corrected chi connectivity index (χ4v) is 2.95. The number of hydrazone groups is 1. The molecule has 4 rings (SSSR count). The third-order valence-corrected chi connectivity index (χ3v) is 4.43. The summed E-state index contributed by atoms with van der Waals surface area (Å²) in [5, 5.41) is 5.86. The summed E-state index contributed by atoms with van der Waals surface area (Å²) in [6.45, 7) is 0. The summed E-state index contributed by atoms with van der Waals surface area (Å²) in [5.41, 5.74) is 3.90. The zero-order chi connectivity index (χ0) is 20.8. The molecule has 0 saturated carbocycles. The number of benzene rings is 3. The molecule has 0 bridgehead atoms. The minimum atomic E-state index is -0.472. The normalized spacial score (nSPS) is 10.8. The number of carbonyl (C=O) groups excluding carboxylic acids is 2. The van der Waals surface area contributed by atoms with Gasteiger partial charge in [0.1, 0.15) is 5.75 Å². The van der Waals surface area contributed by atoms with E-state index in [1.807, 2.05) is 36.4 Å². The molecule has 6 heteroatoms. The number of esters is 1. The first-order valence-corrected chi connectivity index (χ1v) is 9.25. The first-order valence-electron chi connectivity index (χ1n) is 9.25. The summed E-state index contributed by atoms with van der Waals surface area (Å²) in [6.07, 6.45) is 4.52. The van der Waals surface area contributed by atoms with Crippen molar-refractivity contribution in [3.05, 3.63) is 108 Å². The molecule has 0 spiro atoms. The van der Waals surface area contributed by atoms with Crippen LogP contribution in [0.1, 0.15) is 26.3 Å². The maximum absolute atomic E-state index is 12.5. The molecular formula is C24H17N3O3. The molecule has 3 aromatic carbocycles. The van der Waals surface area contributed by atoms with Crippen LogP contribution in [0.3, 0.4) is 0 Å². The Kier molecular flexibility index (Phi) is 5.57. The van der Waals surface area contributed by atoms with Crippen LogP contribution in [0.25, 0.3) is 10.8 Å². The quantitative estimate of drug-likeness (QED) is 0.237. The molecule has 4 aromatic rings. The van der Waals surface area contributed by atoms with Crippen molar-refractivity contribution in [2.75, 3.05) is 0 Å². The van der Waals surface area contributed by atoms with E-state index in [2.05, 4.69) is 15.5 Å². The summed E-state index contributed by atoms with van der Waals surface area (Å²) in [4.78, 5) is 28.6. The lowest BCUT2D eigenvalue weighted by Gasteiger charge is -2.10. The minimum absolute atomic E-state index is 0.349. The second-order valence-corrected chi connectivity index (χ2v) is 6.39. The Labute approximate surface area is 172 Å². The molecule has 146 valence electrons. The van der Waals surface area contributed by atoms with E-state index < -0.39 is 5.97 Å². The van der Waals surface area contributed by atoms with Gasteiger partial charge < -0.3 is 4.74 Å². The molecule has 1 amide bonds. The number of nitrogens with one attached hydrogen (secondary N) is 1. The highest BCUT2D eigenvalue weighted by Crippen LogP contribution is 2.27. The average Bonchev–Trinajstić information content (AvgIpc) is 2.81. The number of hydrogen-bond acceptors (Lipinski definition) is 5. The van der Waals surface area contributed by atoms with Gasteiger partial charge in [0, 0.05) is 18.0 Å². The second-order valence-electron chi connectivity index (χ2n) is 6.39. The van der Waals surface area contributed by atoms with Crippen LogP contribution in [0.5, 0.6) is 5.75 Å². The van der Waals surface area contributed by atoms with Crippen LogP contribution in [-0.2, 0) is 0 Å². The maximum atomic E-state index is 12.5. The largest absolute Gasteiger partial charge is 0.422 e. The molecule has 0 aliphatic heterocycles. The smallest absolute Gasteiger partial charge is 0.343 e. The second kappa shape index (κ2) is 8.79. The van der Waals surface area contributed by atoms with Gasteiger partial charge >= 0.3 is 5.97 Å². The lowest BCUT2D eigenvalue weighted by atomic mass is 10.0. The topological polar surface area (TPSA) is 80.6 Å². The van der Waals surface area contributed by atoms with Gasteiger partial charge in [-0.15, -0.1) is 0 Å². The maximum Gasteiger partial charge on any atom is 0.343 e. The monoisotopic (exact) mass is 395 g/mol. The lowest BCUT2D eigenvalue weighted by Crippen LogP contribution is -2.18. The third-order valence-electron chi connectivity index (χ3n) is 4.43. The Morgan fingerprint density at radius 3 is 2.43 bits per heavy atom. The van der Waals surface area contributed by atoms with E-state index in [9.17, 15) is 9.59 Å². The Morgan fingerprint density at radius 1 is 0.867 bits per heavy atom. The molecule has 0 aliphatic carbocycles. The van der Waals surface area contributed by atoms with E-state index in [4.69, 9.17) is 4.74 Å². The van der Waals surface area contributed by atoms with Crippen molar-refractivity contribution in [3.63, 3.8) is 0 Å². The van der Waals surface area contributed by atoms with Crippen molar-refractivity contribution in [1.29, 1.82) is 0 Å². The Balaban J connectivity index is 1.64. The molecule has 1 heterocycles. The van der Waals surface area contributed by atoms with E-state index in [0.29, 0.717) is 22.4 Å². The van der Waals surface area contributed by atoms with Gasteiger partial charge in [0.05, 0.1) is 17.3 Å². The van der Waals surface area contributed by atoms with E-state index in [1.165, 1.54) is 12.4 Å². The molecule has 6 nitrogen and oxygen atoms in total. The van der Waals surface area contributed by atoms with Crippen molar-refractivity contribution in [2.24, 2.45) is 5.10 Å². The number of aromatic nitrogens is 1. The fourth-order valence-electron chi connectivity index (χ4n) is 2.95. The van der Waals surface area contributed by atoms with Crippen LogP contribution in [0.15, 0.2) is 96.4 Å². The number of fused-ring (bicyclic) bond motifs is 1. The van der Waals surface area contributed by atoms with Crippen LogP contribution < -0.4 is 10.2 Å². The number of pyridine rings is 1. The number of carbonyl (C=O) groups is 2. The Bertz CT molecular complexity index is 1220. The van der Waals surface area contributed by atoms with Crippen LogP contribution in [0, 0.1) is 0 Å². The molecular weight excluding hydrogens is 378 g/mol. The summed E-state index contributed by atoms with van der Waals surface area (Å²) in [7, 11) is 0. The highest BCUT2D eigenvalue weighted by molar-refractivity contribution is 6.04. The van der Waals surface area contributed by atoms with Crippen molar-refractivity contribution in [3.8, 4) is 5.75 Å². The van der Waals surface area contributed by atoms with Gasteiger partial charge in [-0.05, 0) is 41.1 Å². The zero-order valence-electron chi connectivity index (χ0n) is 15.9. The highest BCUT2D eigenvalue weighted by Gasteiger charge is 2.13. The van der Waals surface area contributed by atoms with Gasteiger partial charge in [0.2, 0.25) is 0 Å². The predicted octanol–water partition coefficient (Wildman–Crippen LogP) is 4.22. The van der Waals surface area contributed by atoms with Crippen molar-refractivity contribution in [2.45, 2.75) is 0 Å². The molecule has 0 atom stereocenters. The van der Waals surface area contributed by atoms with E-state index >= 15 is 0 Å². The van der Waals surface area contributed by atoms with Crippen LogP contribution in [0.4, 0.5) is 0 Å². The summed E-state index contributed by atoms with van der Waals surface area (Å²) in [5.74, 6) is -0.510. The van der Waals surface area contributed by atoms with Gasteiger partial charge in [-0.25, -0.2) is 10.2 Å². The molecule has 0 radical (unpaired) electrons. The molecule has 0 aliphatic rings. The summed E-state index contributed by atoms with van der Waals surface area (Å²) < 4.78 is 5.63. The van der Waals surface area contributed by atoms with Gasteiger partial charge in [0.25, 0.3) is 5.91 Å². The first-order chi connectivity index (χ1) is 14.7. The number of rotatable bonds is 5. The number of hydrogen-bond donors (Lipinski definition) is 1. The predicted molar refractivity (Wildman–Crippen MR) is 115 cm³/mol. The van der Waals surface area contributed by atoms with Crippen molar-refractivity contribution < 1.29 is 14.3 Å². The molecule has 0 saturated heterocycles. The Hall–Kier alpha value is -4.32. The molecule has 0 fully saturated rings. The highest BCUT2D eigenvalue weighted by atomic mass is 16.5. The average molecular weight is 395 g/mol. The van der Waals surface area contributed by atoms with Gasteiger partial charge in [-0.3, -0.25) is 9.78 Å². The van der Waals surface area contributed by atoms with E-state index in [0.717, 1.165) is 10.8 Å². The molecule has 1 aromatic heterocycles. The van der Waals surface area contributed by atoms with Crippen molar-refractivity contribution in [1.82, 2.24) is 10.4 Å². The standard InChI is InChI=1S/C24H17N3O3/c28-23(19-10-6-14-25-15-19)27-26-16-21-20-11-5-4-7-17(20)12-13-22(21)30-24(29)18-8-2-1-3-9-18/h1-16H,(H,27,28). The molecule has 1 N–H and O–H groups in total. The van der Waals surface area contributed by atoms with Crippen molar-refractivity contribution >= 4 is 28.9 Å². The molecule has 0 unspecified atom stereocenters. The third kappa shape index (κ3) is 4.23. The SMILES string of the molecule is O=C(NN=Cc1c(OC(=O)c2ccccc2)ccc2ccccc12)c1cccnc1. The number of nitrogens with zero attached hydrogens (tertiary/aromatic N) is 2. The lowest BCUT2D eigenvalue weighted by molar-refractivity contribution is 0.0734. The fraction of sp³-hybridized carbons (Fsp3) is 0. The molecule has 30 heavy (non-hydrogen) atoms. The van der Waals surface area contributed by atoms with Gasteiger partial charge in [0.15, 0.2) is 0 Å².